The second-order valence-electron chi connectivity index (χ2n) is 6.33. The highest BCUT2D eigenvalue weighted by molar-refractivity contribution is 7.89. The number of halogens is 1. The van der Waals surface area contributed by atoms with Crippen molar-refractivity contribution in [3.63, 3.8) is 0 Å². The number of benzene rings is 2. The Morgan fingerprint density at radius 3 is 2.58 bits per heavy atom. The Morgan fingerprint density at radius 1 is 1.19 bits per heavy atom. The van der Waals surface area contributed by atoms with Crippen LogP contribution in [0.2, 0.25) is 5.02 Å². The Hall–Kier alpha value is -1.89. The molecule has 0 bridgehead atoms. The smallest absolute Gasteiger partial charge is 0.254 e. The molecule has 2 aromatic rings. The number of nitrogens with one attached hydrogen (secondary N) is 1. The summed E-state index contributed by atoms with van der Waals surface area (Å²) in [6, 6.07) is 13.6. The van der Waals surface area contributed by atoms with Gasteiger partial charge in [-0.1, -0.05) is 35.9 Å². The zero-order chi connectivity index (χ0) is 18.7. The Kier molecular flexibility index (Phi) is 5.65. The van der Waals surface area contributed by atoms with E-state index >= 15 is 0 Å². The van der Waals surface area contributed by atoms with Crippen LogP contribution in [-0.2, 0) is 16.6 Å². The summed E-state index contributed by atoms with van der Waals surface area (Å²) in [4.78, 5) is 14.6. The lowest BCUT2D eigenvalue weighted by Crippen LogP contribution is -2.31. The lowest BCUT2D eigenvalue weighted by molar-refractivity contribution is 0.0752. The molecular weight excluding hydrogens is 372 g/mol. The van der Waals surface area contributed by atoms with Gasteiger partial charge in [0.05, 0.1) is 4.90 Å². The molecule has 7 heteroatoms. The Balaban J connectivity index is 1.81. The van der Waals surface area contributed by atoms with Crippen molar-refractivity contribution in [1.29, 1.82) is 0 Å². The van der Waals surface area contributed by atoms with Crippen molar-refractivity contribution in [1.82, 2.24) is 9.62 Å². The minimum Gasteiger partial charge on any atom is -0.335 e. The van der Waals surface area contributed by atoms with E-state index in [1.807, 2.05) is 25.1 Å². The zero-order valence-corrected chi connectivity index (χ0v) is 16.1. The number of rotatable bonds is 7. The molecule has 26 heavy (non-hydrogen) atoms. The first-order valence-corrected chi connectivity index (χ1v) is 10.4. The van der Waals surface area contributed by atoms with Crippen LogP contribution in [0, 0.1) is 0 Å². The van der Waals surface area contributed by atoms with E-state index in [9.17, 15) is 13.2 Å². The van der Waals surface area contributed by atoms with Gasteiger partial charge in [0, 0.05) is 29.7 Å². The number of carbonyl (C=O) groups is 1. The molecule has 0 saturated heterocycles. The van der Waals surface area contributed by atoms with E-state index < -0.39 is 10.0 Å². The summed E-state index contributed by atoms with van der Waals surface area (Å²) in [6.07, 6.45) is 1.72. The topological polar surface area (TPSA) is 66.5 Å². The fraction of sp³-hybridized carbons (Fsp3) is 0.316. The van der Waals surface area contributed by atoms with E-state index in [1.165, 1.54) is 12.1 Å². The van der Waals surface area contributed by atoms with Gasteiger partial charge in [-0.2, -0.15) is 0 Å². The van der Waals surface area contributed by atoms with Crippen LogP contribution in [0.5, 0.6) is 0 Å². The van der Waals surface area contributed by atoms with E-state index in [0.717, 1.165) is 18.4 Å². The van der Waals surface area contributed by atoms with Gasteiger partial charge in [-0.15, -0.1) is 0 Å². The highest BCUT2D eigenvalue weighted by atomic mass is 35.5. The minimum absolute atomic E-state index is 0.0201. The van der Waals surface area contributed by atoms with Crippen LogP contribution in [0.4, 0.5) is 0 Å². The molecule has 1 N–H and O–H groups in total. The molecule has 0 radical (unpaired) electrons. The van der Waals surface area contributed by atoms with Gasteiger partial charge in [-0.3, -0.25) is 4.79 Å². The van der Waals surface area contributed by atoms with Crippen LogP contribution >= 0.6 is 11.6 Å². The Morgan fingerprint density at radius 2 is 1.92 bits per heavy atom. The number of hydrogen-bond acceptors (Lipinski definition) is 3. The maximum Gasteiger partial charge on any atom is 0.254 e. The average Bonchev–Trinajstić information content (AvgIpc) is 3.44. The van der Waals surface area contributed by atoms with Gasteiger partial charge in [0.15, 0.2) is 0 Å². The Labute approximate surface area is 159 Å². The highest BCUT2D eigenvalue weighted by Gasteiger charge is 2.28. The monoisotopic (exact) mass is 392 g/mol. The van der Waals surface area contributed by atoms with E-state index in [4.69, 9.17) is 11.6 Å². The molecule has 1 amide bonds. The van der Waals surface area contributed by atoms with Gasteiger partial charge in [-0.05, 0) is 49.6 Å². The molecule has 0 aromatic heterocycles. The SMILES string of the molecule is CCN(Cc1ccccc1Cl)C(=O)c1cccc(S(=O)(=O)NC2CC2)c1. The minimum atomic E-state index is -3.59. The van der Waals surface area contributed by atoms with E-state index in [2.05, 4.69) is 4.72 Å². The normalized spacial score (nSPS) is 14.2. The van der Waals surface area contributed by atoms with Gasteiger partial charge in [0.2, 0.25) is 10.0 Å². The van der Waals surface area contributed by atoms with Crippen molar-refractivity contribution >= 4 is 27.5 Å². The first kappa shape index (κ1) is 18.9. The zero-order valence-electron chi connectivity index (χ0n) is 14.5. The van der Waals surface area contributed by atoms with Gasteiger partial charge >= 0.3 is 0 Å². The molecule has 1 saturated carbocycles. The van der Waals surface area contributed by atoms with Crippen LogP contribution in [0.3, 0.4) is 0 Å². The van der Waals surface area contributed by atoms with Gasteiger partial charge < -0.3 is 4.90 Å². The van der Waals surface area contributed by atoms with E-state index in [-0.39, 0.29) is 16.8 Å². The van der Waals surface area contributed by atoms with Gasteiger partial charge in [-0.25, -0.2) is 13.1 Å². The summed E-state index contributed by atoms with van der Waals surface area (Å²) in [5, 5.41) is 0.601. The fourth-order valence-corrected chi connectivity index (χ4v) is 4.17. The highest BCUT2D eigenvalue weighted by Crippen LogP contribution is 2.23. The number of nitrogens with zero attached hydrogens (tertiary/aromatic N) is 1. The van der Waals surface area contributed by atoms with Crippen molar-refractivity contribution < 1.29 is 13.2 Å². The lowest BCUT2D eigenvalue weighted by Gasteiger charge is -2.22. The molecule has 1 aliphatic carbocycles. The molecule has 1 fully saturated rings. The molecule has 3 rings (SSSR count). The van der Waals surface area contributed by atoms with E-state index in [0.29, 0.717) is 23.7 Å². The largest absolute Gasteiger partial charge is 0.335 e. The van der Waals surface area contributed by atoms with Crippen LogP contribution in [-0.4, -0.2) is 31.8 Å². The van der Waals surface area contributed by atoms with Crippen molar-refractivity contribution in [2.75, 3.05) is 6.54 Å². The van der Waals surface area contributed by atoms with Gasteiger partial charge in [0.1, 0.15) is 0 Å². The molecule has 138 valence electrons. The average molecular weight is 393 g/mol. The number of carbonyl (C=O) groups excluding carboxylic acids is 1. The fourth-order valence-electron chi connectivity index (χ4n) is 2.63. The quantitative estimate of drug-likeness (QED) is 0.784. The van der Waals surface area contributed by atoms with Crippen molar-refractivity contribution in [2.45, 2.75) is 37.2 Å². The van der Waals surface area contributed by atoms with Crippen molar-refractivity contribution in [3.8, 4) is 0 Å². The van der Waals surface area contributed by atoms with Crippen molar-refractivity contribution in [2.24, 2.45) is 0 Å². The molecule has 0 heterocycles. The standard InChI is InChI=1S/C19H21ClN2O3S/c1-2-22(13-15-6-3-4-9-18(15)20)19(23)14-7-5-8-17(12-14)26(24,25)21-16-10-11-16/h3-9,12,16,21H,2,10-11,13H2,1H3. The molecule has 0 aliphatic heterocycles. The summed E-state index contributed by atoms with van der Waals surface area (Å²) in [6.45, 7) is 2.73. The maximum absolute atomic E-state index is 12.9. The molecule has 1 aliphatic rings. The molecule has 2 aromatic carbocycles. The summed E-state index contributed by atoms with van der Waals surface area (Å²) >= 11 is 6.19. The summed E-state index contributed by atoms with van der Waals surface area (Å²) < 4.78 is 27.4. The molecule has 0 unspecified atom stereocenters. The summed E-state index contributed by atoms with van der Waals surface area (Å²) in [7, 11) is -3.59. The lowest BCUT2D eigenvalue weighted by atomic mass is 10.1. The predicted octanol–water partition coefficient (Wildman–Crippen LogP) is 3.44. The Bertz CT molecular complexity index is 911. The van der Waals surface area contributed by atoms with Crippen LogP contribution < -0.4 is 4.72 Å². The number of amides is 1. The van der Waals surface area contributed by atoms with Gasteiger partial charge in [0.25, 0.3) is 5.91 Å². The third-order valence-electron chi connectivity index (χ3n) is 4.28. The second kappa shape index (κ2) is 7.78. The van der Waals surface area contributed by atoms with Crippen molar-refractivity contribution in [3.05, 3.63) is 64.7 Å². The van der Waals surface area contributed by atoms with Crippen LogP contribution in [0.25, 0.3) is 0 Å². The molecule has 5 nitrogen and oxygen atoms in total. The van der Waals surface area contributed by atoms with E-state index in [1.54, 1.807) is 23.1 Å². The third-order valence-corrected chi connectivity index (χ3v) is 6.17. The number of hydrogen-bond donors (Lipinski definition) is 1. The summed E-state index contributed by atoms with van der Waals surface area (Å²) in [5.74, 6) is -0.226. The first-order valence-electron chi connectivity index (χ1n) is 8.56. The molecular formula is C19H21ClN2O3S. The summed E-state index contributed by atoms with van der Waals surface area (Å²) in [5.41, 5.74) is 1.20. The molecule has 0 atom stereocenters. The molecule has 0 spiro atoms. The maximum atomic E-state index is 12.9. The third kappa shape index (κ3) is 4.44. The van der Waals surface area contributed by atoms with Crippen LogP contribution in [0.1, 0.15) is 35.7 Å². The van der Waals surface area contributed by atoms with Crippen LogP contribution in [0.15, 0.2) is 53.4 Å². The first-order chi connectivity index (χ1) is 12.4. The second-order valence-corrected chi connectivity index (χ2v) is 8.46. The number of sulfonamides is 1. The predicted molar refractivity (Wildman–Crippen MR) is 102 cm³/mol.